The third-order valence-electron chi connectivity index (χ3n) is 5.11. The highest BCUT2D eigenvalue weighted by molar-refractivity contribution is 6.13. The molecule has 1 aliphatic heterocycles. The molecule has 3 amide bonds. The lowest BCUT2D eigenvalue weighted by Crippen LogP contribution is -2.46. The summed E-state index contributed by atoms with van der Waals surface area (Å²) < 4.78 is 0. The number of hydrogen-bond donors (Lipinski definition) is 2. The van der Waals surface area contributed by atoms with Gasteiger partial charge in [-0.2, -0.15) is 0 Å². The molecule has 1 saturated carbocycles. The Balaban J connectivity index is 1.66. The molecular weight excluding hydrogens is 318 g/mol. The van der Waals surface area contributed by atoms with Crippen LogP contribution in [0, 0.1) is 11.3 Å². The van der Waals surface area contributed by atoms with Gasteiger partial charge in [-0.05, 0) is 49.8 Å². The zero-order chi connectivity index (χ0) is 18.0. The van der Waals surface area contributed by atoms with Crippen LogP contribution in [0.5, 0.6) is 0 Å². The number of rotatable bonds is 4. The molecule has 134 valence electrons. The van der Waals surface area contributed by atoms with Gasteiger partial charge in [-0.3, -0.25) is 14.4 Å². The van der Waals surface area contributed by atoms with E-state index >= 15 is 0 Å². The van der Waals surface area contributed by atoms with Crippen molar-refractivity contribution in [2.45, 2.75) is 39.5 Å². The van der Waals surface area contributed by atoms with Gasteiger partial charge in [0, 0.05) is 31.4 Å². The second-order valence-electron chi connectivity index (χ2n) is 7.27. The van der Waals surface area contributed by atoms with E-state index in [0.717, 1.165) is 25.9 Å². The first-order chi connectivity index (χ1) is 11.9. The van der Waals surface area contributed by atoms with Gasteiger partial charge in [-0.15, -0.1) is 0 Å². The van der Waals surface area contributed by atoms with Crippen LogP contribution in [0.15, 0.2) is 24.3 Å². The fraction of sp³-hybridized carbons (Fsp3) is 0.526. The van der Waals surface area contributed by atoms with Crippen LogP contribution in [0.2, 0.25) is 0 Å². The van der Waals surface area contributed by atoms with Gasteiger partial charge in [-0.25, -0.2) is 0 Å². The summed E-state index contributed by atoms with van der Waals surface area (Å²) in [5.74, 6) is 0.201. The summed E-state index contributed by atoms with van der Waals surface area (Å²) in [5, 5.41) is 5.54. The molecule has 1 aromatic rings. The number of carbonyl (C=O) groups is 3. The quantitative estimate of drug-likeness (QED) is 0.825. The maximum Gasteiger partial charge on any atom is 0.240 e. The van der Waals surface area contributed by atoms with Crippen LogP contribution in [0.4, 0.5) is 11.4 Å². The highest BCUT2D eigenvalue weighted by Gasteiger charge is 2.58. The van der Waals surface area contributed by atoms with Gasteiger partial charge in [-0.1, -0.05) is 13.0 Å². The number of anilines is 2. The number of amides is 3. The summed E-state index contributed by atoms with van der Waals surface area (Å²) in [6.07, 6.45) is 3.22. The van der Waals surface area contributed by atoms with E-state index in [1.807, 2.05) is 4.90 Å². The topological polar surface area (TPSA) is 78.5 Å². The molecule has 0 bridgehead atoms. The minimum atomic E-state index is -0.898. The number of benzene rings is 1. The van der Waals surface area contributed by atoms with Crippen molar-refractivity contribution in [1.29, 1.82) is 0 Å². The molecule has 1 aliphatic carbocycles. The van der Waals surface area contributed by atoms with Gasteiger partial charge in [0.2, 0.25) is 17.7 Å². The van der Waals surface area contributed by atoms with Gasteiger partial charge in [0.05, 0.1) is 0 Å². The third-order valence-corrected chi connectivity index (χ3v) is 5.11. The lowest BCUT2D eigenvalue weighted by Gasteiger charge is -2.32. The first kappa shape index (κ1) is 17.5. The second-order valence-corrected chi connectivity index (χ2v) is 7.27. The monoisotopic (exact) mass is 343 g/mol. The van der Waals surface area contributed by atoms with Gasteiger partial charge in [0.1, 0.15) is 5.41 Å². The number of hydrogen-bond acceptors (Lipinski definition) is 3. The largest absolute Gasteiger partial charge is 0.342 e. The predicted octanol–water partition coefficient (Wildman–Crippen LogP) is 2.62. The van der Waals surface area contributed by atoms with Gasteiger partial charge < -0.3 is 15.5 Å². The predicted molar refractivity (Wildman–Crippen MR) is 96.0 cm³/mol. The normalized spacial score (nSPS) is 19.2. The highest BCUT2D eigenvalue weighted by Crippen LogP contribution is 2.48. The molecule has 2 N–H and O–H groups in total. The van der Waals surface area contributed by atoms with E-state index in [4.69, 9.17) is 0 Å². The number of nitrogens with one attached hydrogen (secondary N) is 2. The van der Waals surface area contributed by atoms with E-state index in [9.17, 15) is 14.4 Å². The summed E-state index contributed by atoms with van der Waals surface area (Å²) in [4.78, 5) is 38.6. The second kappa shape index (κ2) is 6.86. The number of piperidine rings is 1. The van der Waals surface area contributed by atoms with Gasteiger partial charge in [0.15, 0.2) is 0 Å². The highest BCUT2D eigenvalue weighted by atomic mass is 16.2. The first-order valence-electron chi connectivity index (χ1n) is 8.89. The molecule has 2 aliphatic rings. The van der Waals surface area contributed by atoms with E-state index in [1.54, 1.807) is 24.3 Å². The van der Waals surface area contributed by atoms with Crippen LogP contribution in [0.25, 0.3) is 0 Å². The zero-order valence-corrected chi connectivity index (χ0v) is 14.8. The van der Waals surface area contributed by atoms with E-state index in [1.165, 1.54) is 6.92 Å². The van der Waals surface area contributed by atoms with Crippen molar-refractivity contribution in [3.63, 3.8) is 0 Å². The van der Waals surface area contributed by atoms with Crippen LogP contribution in [-0.2, 0) is 14.4 Å². The molecule has 1 heterocycles. The Labute approximate surface area is 148 Å². The summed E-state index contributed by atoms with van der Waals surface area (Å²) >= 11 is 0. The van der Waals surface area contributed by atoms with Crippen LogP contribution >= 0.6 is 0 Å². The Bertz CT molecular complexity index is 689. The summed E-state index contributed by atoms with van der Waals surface area (Å²) in [6, 6.07) is 6.97. The third kappa shape index (κ3) is 3.83. The Morgan fingerprint density at radius 1 is 1.08 bits per heavy atom. The minimum Gasteiger partial charge on any atom is -0.342 e. The molecule has 3 rings (SSSR count). The fourth-order valence-corrected chi connectivity index (χ4v) is 3.31. The molecule has 6 heteroatoms. The van der Waals surface area contributed by atoms with E-state index in [-0.39, 0.29) is 17.7 Å². The maximum absolute atomic E-state index is 12.8. The first-order valence-corrected chi connectivity index (χ1v) is 8.89. The van der Waals surface area contributed by atoms with E-state index < -0.39 is 5.41 Å². The number of likely N-dealkylation sites (tertiary alicyclic amines) is 1. The molecule has 0 atom stereocenters. The molecule has 0 unspecified atom stereocenters. The van der Waals surface area contributed by atoms with Crippen molar-refractivity contribution in [2.75, 3.05) is 23.7 Å². The Hall–Kier alpha value is -2.37. The smallest absolute Gasteiger partial charge is 0.240 e. The summed E-state index contributed by atoms with van der Waals surface area (Å²) in [7, 11) is 0. The molecule has 0 spiro atoms. The van der Waals surface area contributed by atoms with Crippen LogP contribution < -0.4 is 10.6 Å². The number of nitrogens with zero attached hydrogens (tertiary/aromatic N) is 1. The Kier molecular flexibility index (Phi) is 4.79. The molecule has 25 heavy (non-hydrogen) atoms. The number of carbonyl (C=O) groups excluding carboxylic acids is 3. The Morgan fingerprint density at radius 2 is 1.68 bits per heavy atom. The molecular formula is C19H25N3O3. The average Bonchev–Trinajstić information content (AvgIpc) is 3.36. The lowest BCUT2D eigenvalue weighted by atomic mass is 9.96. The molecule has 1 saturated heterocycles. The molecule has 2 fully saturated rings. The van der Waals surface area contributed by atoms with Crippen molar-refractivity contribution in [1.82, 2.24) is 4.90 Å². The Morgan fingerprint density at radius 3 is 2.24 bits per heavy atom. The van der Waals surface area contributed by atoms with Crippen molar-refractivity contribution in [3.05, 3.63) is 24.3 Å². The van der Waals surface area contributed by atoms with Gasteiger partial charge in [0.25, 0.3) is 0 Å². The lowest BCUT2D eigenvalue weighted by molar-refractivity contribution is -0.143. The van der Waals surface area contributed by atoms with Crippen molar-refractivity contribution >= 4 is 29.1 Å². The van der Waals surface area contributed by atoms with Crippen molar-refractivity contribution in [2.24, 2.45) is 11.3 Å². The fourth-order valence-electron chi connectivity index (χ4n) is 3.31. The van der Waals surface area contributed by atoms with E-state index in [0.29, 0.717) is 30.1 Å². The van der Waals surface area contributed by atoms with Crippen LogP contribution in [-0.4, -0.2) is 35.7 Å². The maximum atomic E-state index is 12.8. The molecule has 0 radical (unpaired) electrons. The van der Waals surface area contributed by atoms with Gasteiger partial charge >= 0.3 is 0 Å². The summed E-state index contributed by atoms with van der Waals surface area (Å²) in [6.45, 7) is 5.12. The standard InChI is InChI=1S/C19H25N3O3/c1-13-6-10-22(11-7-13)18(25)19(8-9-19)17(24)21-16-5-3-4-15(12-16)20-14(2)23/h3-5,12-13H,6-11H2,1-2H3,(H,20,23)(H,21,24). The summed E-state index contributed by atoms with van der Waals surface area (Å²) in [5.41, 5.74) is 0.305. The zero-order valence-electron chi connectivity index (χ0n) is 14.8. The van der Waals surface area contributed by atoms with E-state index in [2.05, 4.69) is 17.6 Å². The SMILES string of the molecule is CC(=O)Nc1cccc(NC(=O)C2(C(=O)N3CCC(C)CC3)CC2)c1. The molecule has 1 aromatic carbocycles. The average molecular weight is 343 g/mol. The van der Waals surface area contributed by atoms with Crippen molar-refractivity contribution < 1.29 is 14.4 Å². The minimum absolute atomic E-state index is 0.0325. The van der Waals surface area contributed by atoms with Crippen molar-refractivity contribution in [3.8, 4) is 0 Å². The molecule has 6 nitrogen and oxygen atoms in total. The van der Waals surface area contributed by atoms with Crippen LogP contribution in [0.3, 0.4) is 0 Å². The molecule has 0 aromatic heterocycles. The van der Waals surface area contributed by atoms with Crippen LogP contribution in [0.1, 0.15) is 39.5 Å².